The van der Waals surface area contributed by atoms with Crippen molar-refractivity contribution in [3.63, 3.8) is 0 Å². The number of methoxy groups -OCH3 is 1. The molecule has 0 aliphatic heterocycles. The summed E-state index contributed by atoms with van der Waals surface area (Å²) in [5, 5.41) is 10.5. The maximum atomic E-state index is 11.8. The molecular weight excluding hydrogens is 256 g/mol. The Morgan fingerprint density at radius 3 is 2.70 bits per heavy atom. The summed E-state index contributed by atoms with van der Waals surface area (Å²) in [6, 6.07) is 5.16. The van der Waals surface area contributed by atoms with Crippen molar-refractivity contribution >= 4 is 17.3 Å². The van der Waals surface area contributed by atoms with Crippen molar-refractivity contribution in [3.8, 4) is 0 Å². The maximum Gasteiger partial charge on any atom is 0.340 e. The van der Waals surface area contributed by atoms with Gasteiger partial charge < -0.3 is 20.5 Å². The fraction of sp³-hybridized carbons (Fsp3) is 0.533. The lowest BCUT2D eigenvalue weighted by Gasteiger charge is -2.31. The number of para-hydroxylation sites is 1. The number of likely N-dealkylation sites (N-methyl/N-ethyl adjacent to an activating group) is 1. The lowest BCUT2D eigenvalue weighted by molar-refractivity contribution is 0.0549. The summed E-state index contributed by atoms with van der Waals surface area (Å²) in [5.74, 6) is -0.419. The molecule has 1 aromatic carbocycles. The Bertz CT molecular complexity index is 496. The van der Waals surface area contributed by atoms with E-state index in [9.17, 15) is 9.90 Å². The average molecular weight is 278 g/mol. The van der Waals surface area contributed by atoms with Gasteiger partial charge in [-0.15, -0.1) is 0 Å². The molecule has 1 aliphatic carbocycles. The third-order valence-corrected chi connectivity index (χ3v) is 3.92. The zero-order valence-corrected chi connectivity index (χ0v) is 12.1. The monoisotopic (exact) mass is 278 g/mol. The van der Waals surface area contributed by atoms with Gasteiger partial charge >= 0.3 is 5.97 Å². The molecule has 0 amide bonds. The molecule has 0 bridgehead atoms. The van der Waals surface area contributed by atoms with Crippen LogP contribution in [0, 0.1) is 0 Å². The van der Waals surface area contributed by atoms with Gasteiger partial charge in [0.1, 0.15) is 0 Å². The first-order valence-corrected chi connectivity index (χ1v) is 6.87. The lowest BCUT2D eigenvalue weighted by atomic mass is 10.0. The third-order valence-electron chi connectivity index (χ3n) is 3.92. The van der Waals surface area contributed by atoms with E-state index >= 15 is 0 Å². The Labute approximate surface area is 119 Å². The number of hydrogen-bond donors (Lipinski definition) is 2. The second-order valence-electron chi connectivity index (χ2n) is 5.52. The van der Waals surface area contributed by atoms with Crippen LogP contribution in [0.5, 0.6) is 0 Å². The molecule has 1 saturated carbocycles. The fourth-order valence-corrected chi connectivity index (χ4v) is 2.97. The van der Waals surface area contributed by atoms with Gasteiger partial charge in [-0.2, -0.15) is 0 Å². The van der Waals surface area contributed by atoms with Gasteiger partial charge in [0, 0.05) is 13.6 Å². The first-order valence-electron chi connectivity index (χ1n) is 6.87. The minimum Gasteiger partial charge on any atom is -0.465 e. The van der Waals surface area contributed by atoms with Gasteiger partial charge in [0.15, 0.2) is 0 Å². The molecule has 0 saturated heterocycles. The van der Waals surface area contributed by atoms with Gasteiger partial charge in [-0.05, 0) is 25.0 Å². The van der Waals surface area contributed by atoms with Crippen LogP contribution in [0.15, 0.2) is 18.2 Å². The number of aliphatic hydroxyl groups is 1. The number of nitrogens with two attached hydrogens (primary N) is 1. The lowest BCUT2D eigenvalue weighted by Crippen LogP contribution is -2.40. The highest BCUT2D eigenvalue weighted by atomic mass is 16.5. The summed E-state index contributed by atoms with van der Waals surface area (Å²) >= 11 is 0. The molecule has 1 aromatic rings. The summed E-state index contributed by atoms with van der Waals surface area (Å²) < 4.78 is 4.79. The normalized spacial score (nSPS) is 16.9. The van der Waals surface area contributed by atoms with E-state index in [-0.39, 0.29) is 0 Å². The van der Waals surface area contributed by atoms with Crippen LogP contribution < -0.4 is 10.6 Å². The summed E-state index contributed by atoms with van der Waals surface area (Å²) in [6.45, 7) is 0.463. The van der Waals surface area contributed by atoms with E-state index in [0.29, 0.717) is 23.5 Å². The van der Waals surface area contributed by atoms with Crippen LogP contribution in [-0.4, -0.2) is 37.4 Å². The Morgan fingerprint density at radius 2 is 2.10 bits per heavy atom. The van der Waals surface area contributed by atoms with E-state index in [2.05, 4.69) is 0 Å². The number of benzene rings is 1. The van der Waals surface area contributed by atoms with Crippen LogP contribution in [0.25, 0.3) is 0 Å². The average Bonchev–Trinajstić information content (AvgIpc) is 2.83. The third kappa shape index (κ3) is 2.88. The van der Waals surface area contributed by atoms with E-state index in [0.717, 1.165) is 25.7 Å². The van der Waals surface area contributed by atoms with Crippen molar-refractivity contribution in [1.29, 1.82) is 0 Å². The standard InChI is InChI=1S/C15H22N2O3/c1-17(10-15(19)8-3-4-9-15)13-11(14(18)20-2)6-5-7-12(13)16/h5-7,19H,3-4,8-10,16H2,1-2H3. The van der Waals surface area contributed by atoms with E-state index in [1.165, 1.54) is 7.11 Å². The van der Waals surface area contributed by atoms with Crippen molar-refractivity contribution in [2.24, 2.45) is 0 Å². The van der Waals surface area contributed by atoms with Gasteiger partial charge in [0.2, 0.25) is 0 Å². The topological polar surface area (TPSA) is 75.8 Å². The highest BCUT2D eigenvalue weighted by molar-refractivity contribution is 5.99. The molecule has 1 aliphatic rings. The summed E-state index contributed by atoms with van der Waals surface area (Å²) in [6.07, 6.45) is 3.66. The highest BCUT2D eigenvalue weighted by Gasteiger charge is 2.33. The quantitative estimate of drug-likeness (QED) is 0.649. The Hall–Kier alpha value is -1.75. The van der Waals surface area contributed by atoms with Crippen molar-refractivity contribution < 1.29 is 14.6 Å². The van der Waals surface area contributed by atoms with E-state index in [1.54, 1.807) is 18.2 Å². The number of ether oxygens (including phenoxy) is 1. The van der Waals surface area contributed by atoms with Crippen molar-refractivity contribution in [2.45, 2.75) is 31.3 Å². The number of anilines is 2. The summed E-state index contributed by atoms with van der Waals surface area (Å²) in [4.78, 5) is 13.7. The molecule has 1 fully saturated rings. The number of carbonyl (C=O) groups is 1. The van der Waals surface area contributed by atoms with Gasteiger partial charge in [-0.3, -0.25) is 0 Å². The number of esters is 1. The fourth-order valence-electron chi connectivity index (χ4n) is 2.97. The van der Waals surface area contributed by atoms with E-state index < -0.39 is 11.6 Å². The molecule has 0 spiro atoms. The molecule has 3 N–H and O–H groups in total. The van der Waals surface area contributed by atoms with Crippen LogP contribution in [0.3, 0.4) is 0 Å². The molecule has 0 radical (unpaired) electrons. The van der Waals surface area contributed by atoms with Crippen LogP contribution in [0.1, 0.15) is 36.0 Å². The number of rotatable bonds is 4. The molecule has 5 nitrogen and oxygen atoms in total. The number of nitrogen functional groups attached to an aromatic ring is 1. The van der Waals surface area contributed by atoms with E-state index in [4.69, 9.17) is 10.5 Å². The van der Waals surface area contributed by atoms with Crippen LogP contribution >= 0.6 is 0 Å². The maximum absolute atomic E-state index is 11.8. The SMILES string of the molecule is COC(=O)c1cccc(N)c1N(C)CC1(O)CCCC1. The first-order chi connectivity index (χ1) is 9.47. The summed E-state index contributed by atoms with van der Waals surface area (Å²) in [5.41, 5.74) is 6.87. The molecule has 0 aromatic heterocycles. The Kier molecular flexibility index (Phi) is 4.18. The second kappa shape index (κ2) is 5.71. The molecule has 0 unspecified atom stereocenters. The second-order valence-corrected chi connectivity index (χ2v) is 5.52. The zero-order valence-electron chi connectivity index (χ0n) is 12.1. The van der Waals surface area contributed by atoms with Gasteiger partial charge in [0.05, 0.1) is 29.6 Å². The van der Waals surface area contributed by atoms with Crippen LogP contribution in [0.2, 0.25) is 0 Å². The number of hydrogen-bond acceptors (Lipinski definition) is 5. The molecule has 110 valence electrons. The first kappa shape index (κ1) is 14.7. The van der Waals surface area contributed by atoms with Crippen LogP contribution in [0.4, 0.5) is 11.4 Å². The van der Waals surface area contributed by atoms with Gasteiger partial charge in [-0.1, -0.05) is 18.9 Å². The zero-order chi connectivity index (χ0) is 14.8. The van der Waals surface area contributed by atoms with Crippen molar-refractivity contribution in [3.05, 3.63) is 23.8 Å². The van der Waals surface area contributed by atoms with Crippen molar-refractivity contribution in [1.82, 2.24) is 0 Å². The molecule has 0 atom stereocenters. The number of carbonyl (C=O) groups excluding carboxylic acids is 1. The van der Waals surface area contributed by atoms with Crippen LogP contribution in [-0.2, 0) is 4.74 Å². The molecule has 20 heavy (non-hydrogen) atoms. The predicted molar refractivity (Wildman–Crippen MR) is 78.9 cm³/mol. The predicted octanol–water partition coefficient (Wildman–Crippen LogP) is 1.80. The summed E-state index contributed by atoms with van der Waals surface area (Å²) in [7, 11) is 3.19. The molecule has 2 rings (SSSR count). The molecule has 5 heteroatoms. The number of nitrogens with zero attached hydrogens (tertiary/aromatic N) is 1. The largest absolute Gasteiger partial charge is 0.465 e. The Morgan fingerprint density at radius 1 is 1.45 bits per heavy atom. The molecular formula is C15H22N2O3. The van der Waals surface area contributed by atoms with Crippen molar-refractivity contribution in [2.75, 3.05) is 31.3 Å². The van der Waals surface area contributed by atoms with Gasteiger partial charge in [0.25, 0.3) is 0 Å². The van der Waals surface area contributed by atoms with Gasteiger partial charge in [-0.25, -0.2) is 4.79 Å². The molecule has 0 heterocycles. The van der Waals surface area contributed by atoms with E-state index in [1.807, 2.05) is 11.9 Å². The highest BCUT2D eigenvalue weighted by Crippen LogP contribution is 2.34. The minimum atomic E-state index is -0.690. The Balaban J connectivity index is 2.28. The minimum absolute atomic E-state index is 0.419. The smallest absolute Gasteiger partial charge is 0.340 e.